The lowest BCUT2D eigenvalue weighted by molar-refractivity contribution is 0.0667. The topological polar surface area (TPSA) is 30.5 Å². The predicted octanol–water partition coefficient (Wildman–Crippen LogP) is 3.52. The molecule has 1 aromatic rings. The molecule has 0 heterocycles. The zero-order chi connectivity index (χ0) is 15.7. The van der Waals surface area contributed by atoms with Crippen LogP contribution in [0.25, 0.3) is 0 Å². The van der Waals surface area contributed by atoms with Crippen LogP contribution < -0.4 is 5.32 Å². The van der Waals surface area contributed by atoms with Crippen LogP contribution in [0.15, 0.2) is 24.3 Å². The third-order valence-electron chi connectivity index (χ3n) is 3.47. The highest BCUT2D eigenvalue weighted by molar-refractivity contribution is 5.24. The predicted molar refractivity (Wildman–Crippen MR) is 89.0 cm³/mol. The third kappa shape index (κ3) is 8.20. The molecule has 0 bridgehead atoms. The molecule has 1 atom stereocenters. The first-order chi connectivity index (χ1) is 9.92. The lowest BCUT2D eigenvalue weighted by atomic mass is 9.94. The first-order valence-electron chi connectivity index (χ1n) is 7.80. The molecule has 1 unspecified atom stereocenters. The maximum Gasteiger partial charge on any atom is 0.0700 e. The number of aryl methyl sites for hydroxylation is 1. The molecule has 1 rings (SSSR count). The smallest absolute Gasteiger partial charge is 0.0700 e. The van der Waals surface area contributed by atoms with Gasteiger partial charge in [-0.2, -0.15) is 0 Å². The second-order valence-corrected chi connectivity index (χ2v) is 6.63. The number of hydrogen-bond donors (Lipinski definition) is 1. The Balaban J connectivity index is 2.55. The zero-order valence-electron chi connectivity index (χ0n) is 14.2. The molecule has 0 spiro atoms. The summed E-state index contributed by atoms with van der Waals surface area (Å²) in [4.78, 5) is 0. The molecular weight excluding hydrogens is 262 g/mol. The highest BCUT2D eigenvalue weighted by Crippen LogP contribution is 2.20. The Morgan fingerprint density at radius 2 is 1.71 bits per heavy atom. The van der Waals surface area contributed by atoms with Gasteiger partial charge in [-0.1, -0.05) is 29.8 Å². The fourth-order valence-electron chi connectivity index (χ4n) is 2.12. The monoisotopic (exact) mass is 293 g/mol. The maximum absolute atomic E-state index is 5.63. The molecule has 120 valence electrons. The molecule has 0 saturated carbocycles. The summed E-state index contributed by atoms with van der Waals surface area (Å²) in [6.45, 7) is 11.8. The molecule has 0 aromatic heterocycles. The first-order valence-corrected chi connectivity index (χ1v) is 7.80. The number of methoxy groups -OCH3 is 1. The number of rotatable bonds is 9. The van der Waals surface area contributed by atoms with E-state index in [4.69, 9.17) is 9.47 Å². The van der Waals surface area contributed by atoms with Crippen LogP contribution in [-0.2, 0) is 9.47 Å². The van der Waals surface area contributed by atoms with Crippen molar-refractivity contribution < 1.29 is 9.47 Å². The van der Waals surface area contributed by atoms with E-state index in [1.165, 1.54) is 11.1 Å². The van der Waals surface area contributed by atoms with Crippen LogP contribution >= 0.6 is 0 Å². The zero-order valence-corrected chi connectivity index (χ0v) is 14.2. The van der Waals surface area contributed by atoms with Gasteiger partial charge in [0.05, 0.1) is 13.2 Å². The van der Waals surface area contributed by atoms with E-state index < -0.39 is 0 Å². The van der Waals surface area contributed by atoms with E-state index in [1.807, 2.05) is 0 Å². The summed E-state index contributed by atoms with van der Waals surface area (Å²) in [5, 5.41) is 3.61. The molecule has 3 nitrogen and oxygen atoms in total. The van der Waals surface area contributed by atoms with Crippen LogP contribution in [0.2, 0.25) is 0 Å². The van der Waals surface area contributed by atoms with Crippen molar-refractivity contribution in [3.05, 3.63) is 35.4 Å². The molecule has 1 aromatic carbocycles. The van der Waals surface area contributed by atoms with E-state index in [-0.39, 0.29) is 5.54 Å². The molecule has 21 heavy (non-hydrogen) atoms. The molecule has 0 saturated heterocycles. The van der Waals surface area contributed by atoms with Crippen molar-refractivity contribution in [2.75, 3.05) is 33.5 Å². The Kier molecular flexibility index (Phi) is 7.94. The first kappa shape index (κ1) is 18.1. The second kappa shape index (κ2) is 9.19. The molecular formula is C18H31NO2. The summed E-state index contributed by atoms with van der Waals surface area (Å²) in [5.74, 6) is 0.479. The van der Waals surface area contributed by atoms with Gasteiger partial charge in [-0.3, -0.25) is 0 Å². The van der Waals surface area contributed by atoms with Crippen molar-refractivity contribution in [3.8, 4) is 0 Å². The summed E-state index contributed by atoms with van der Waals surface area (Å²) in [7, 11) is 1.70. The fourth-order valence-corrected chi connectivity index (χ4v) is 2.12. The van der Waals surface area contributed by atoms with E-state index in [0.29, 0.717) is 19.1 Å². The number of nitrogens with one attached hydrogen (secondary N) is 1. The Labute approximate surface area is 130 Å². The fraction of sp³-hybridized carbons (Fsp3) is 0.667. The lowest BCUT2D eigenvalue weighted by Crippen LogP contribution is -2.38. The van der Waals surface area contributed by atoms with Gasteiger partial charge in [0.25, 0.3) is 0 Å². The summed E-state index contributed by atoms with van der Waals surface area (Å²) in [5.41, 5.74) is 2.82. The summed E-state index contributed by atoms with van der Waals surface area (Å²) < 4.78 is 10.6. The molecule has 0 amide bonds. The van der Waals surface area contributed by atoms with Gasteiger partial charge in [0.15, 0.2) is 0 Å². The number of benzene rings is 1. The van der Waals surface area contributed by atoms with Crippen LogP contribution in [-0.4, -0.2) is 39.0 Å². The van der Waals surface area contributed by atoms with Gasteiger partial charge in [0.1, 0.15) is 0 Å². The normalized spacial score (nSPS) is 13.4. The molecule has 3 heteroatoms. The van der Waals surface area contributed by atoms with Crippen molar-refractivity contribution in [1.29, 1.82) is 0 Å². The molecule has 0 radical (unpaired) electrons. The second-order valence-electron chi connectivity index (χ2n) is 6.63. The highest BCUT2D eigenvalue weighted by Gasteiger charge is 2.16. The van der Waals surface area contributed by atoms with Crippen LogP contribution in [0, 0.1) is 6.92 Å². The van der Waals surface area contributed by atoms with Gasteiger partial charge in [0.2, 0.25) is 0 Å². The average Bonchev–Trinajstić information content (AvgIpc) is 2.42. The SMILES string of the molecule is COCCOCCC(CNC(C)(C)C)c1ccc(C)cc1. The minimum absolute atomic E-state index is 0.139. The highest BCUT2D eigenvalue weighted by atomic mass is 16.5. The molecule has 1 N–H and O–H groups in total. The van der Waals surface area contributed by atoms with Crippen LogP contribution in [0.3, 0.4) is 0 Å². The molecule has 0 fully saturated rings. The Hall–Kier alpha value is -0.900. The van der Waals surface area contributed by atoms with Crippen LogP contribution in [0.4, 0.5) is 0 Å². The van der Waals surface area contributed by atoms with Crippen molar-refractivity contribution in [2.24, 2.45) is 0 Å². The number of ether oxygens (including phenoxy) is 2. The van der Waals surface area contributed by atoms with E-state index in [0.717, 1.165) is 19.6 Å². The standard InChI is InChI=1S/C18H31NO2/c1-15-6-8-16(9-7-15)17(14-19-18(2,3)4)10-11-21-13-12-20-5/h6-9,17,19H,10-14H2,1-5H3. The Morgan fingerprint density at radius 1 is 1.05 bits per heavy atom. The van der Waals surface area contributed by atoms with E-state index in [2.05, 4.69) is 57.3 Å². The van der Waals surface area contributed by atoms with E-state index >= 15 is 0 Å². The van der Waals surface area contributed by atoms with Gasteiger partial charge in [-0.25, -0.2) is 0 Å². The maximum atomic E-state index is 5.63. The van der Waals surface area contributed by atoms with Crippen LogP contribution in [0.1, 0.15) is 44.2 Å². The van der Waals surface area contributed by atoms with Gasteiger partial charge >= 0.3 is 0 Å². The van der Waals surface area contributed by atoms with Crippen molar-refractivity contribution in [1.82, 2.24) is 5.32 Å². The van der Waals surface area contributed by atoms with E-state index in [9.17, 15) is 0 Å². The largest absolute Gasteiger partial charge is 0.382 e. The summed E-state index contributed by atoms with van der Waals surface area (Å²) in [6.07, 6.45) is 1.02. The number of hydrogen-bond acceptors (Lipinski definition) is 3. The minimum atomic E-state index is 0.139. The molecule has 0 aliphatic rings. The lowest BCUT2D eigenvalue weighted by Gasteiger charge is -2.26. The van der Waals surface area contributed by atoms with E-state index in [1.54, 1.807) is 7.11 Å². The van der Waals surface area contributed by atoms with Crippen LogP contribution in [0.5, 0.6) is 0 Å². The Morgan fingerprint density at radius 3 is 2.29 bits per heavy atom. The average molecular weight is 293 g/mol. The summed E-state index contributed by atoms with van der Waals surface area (Å²) in [6, 6.07) is 8.84. The molecule has 0 aliphatic heterocycles. The Bertz CT molecular complexity index is 381. The van der Waals surface area contributed by atoms with Crippen molar-refractivity contribution in [2.45, 2.75) is 45.6 Å². The van der Waals surface area contributed by atoms with Crippen molar-refractivity contribution >= 4 is 0 Å². The van der Waals surface area contributed by atoms with Gasteiger partial charge in [0, 0.05) is 25.8 Å². The third-order valence-corrected chi connectivity index (χ3v) is 3.47. The van der Waals surface area contributed by atoms with Gasteiger partial charge < -0.3 is 14.8 Å². The minimum Gasteiger partial charge on any atom is -0.382 e. The van der Waals surface area contributed by atoms with Crippen molar-refractivity contribution in [3.63, 3.8) is 0 Å². The van der Waals surface area contributed by atoms with Gasteiger partial charge in [-0.15, -0.1) is 0 Å². The van der Waals surface area contributed by atoms with Gasteiger partial charge in [-0.05, 0) is 45.6 Å². The quantitative estimate of drug-likeness (QED) is 0.707. The molecule has 0 aliphatic carbocycles. The summed E-state index contributed by atoms with van der Waals surface area (Å²) >= 11 is 0.